The standard InChI is InChI=1S/C14H21ClN2O2S/c1-11(16)12-6-4-8-17(9-12)20(18,19)10-13-5-2-3-7-14(13)15/h2-3,5,7,11-12H,4,6,8-10,16H2,1H3/t11-,12-/m1/s1. The molecule has 0 unspecified atom stereocenters. The Morgan fingerprint density at radius 2 is 2.15 bits per heavy atom. The topological polar surface area (TPSA) is 63.4 Å². The molecule has 0 saturated carbocycles. The van der Waals surface area contributed by atoms with Gasteiger partial charge in [0.2, 0.25) is 10.0 Å². The molecule has 2 N–H and O–H groups in total. The molecule has 112 valence electrons. The van der Waals surface area contributed by atoms with E-state index in [4.69, 9.17) is 17.3 Å². The number of sulfonamides is 1. The summed E-state index contributed by atoms with van der Waals surface area (Å²) in [5, 5.41) is 0.497. The molecule has 1 aromatic carbocycles. The maximum atomic E-state index is 12.5. The van der Waals surface area contributed by atoms with Crippen molar-refractivity contribution in [1.29, 1.82) is 0 Å². The maximum Gasteiger partial charge on any atom is 0.218 e. The van der Waals surface area contributed by atoms with Crippen LogP contribution >= 0.6 is 11.6 Å². The molecule has 1 aromatic rings. The summed E-state index contributed by atoms with van der Waals surface area (Å²) < 4.78 is 26.6. The number of hydrogen-bond acceptors (Lipinski definition) is 3. The Morgan fingerprint density at radius 3 is 2.80 bits per heavy atom. The van der Waals surface area contributed by atoms with Crippen LogP contribution in [0.5, 0.6) is 0 Å². The van der Waals surface area contributed by atoms with Crippen LogP contribution in [0.2, 0.25) is 5.02 Å². The second kappa shape index (κ2) is 6.43. The molecule has 0 aliphatic carbocycles. The summed E-state index contributed by atoms with van der Waals surface area (Å²) in [7, 11) is -3.33. The fourth-order valence-corrected chi connectivity index (χ4v) is 4.49. The van der Waals surface area contributed by atoms with E-state index in [1.54, 1.807) is 28.6 Å². The first-order chi connectivity index (χ1) is 9.40. The lowest BCUT2D eigenvalue weighted by molar-refractivity contribution is 0.243. The van der Waals surface area contributed by atoms with Gasteiger partial charge in [-0.05, 0) is 37.3 Å². The summed E-state index contributed by atoms with van der Waals surface area (Å²) >= 11 is 6.05. The first kappa shape index (κ1) is 15.8. The molecule has 0 bridgehead atoms. The van der Waals surface area contributed by atoms with Gasteiger partial charge in [0.1, 0.15) is 0 Å². The van der Waals surface area contributed by atoms with Crippen molar-refractivity contribution in [3.8, 4) is 0 Å². The average molecular weight is 317 g/mol. The molecule has 6 heteroatoms. The van der Waals surface area contributed by atoms with E-state index in [-0.39, 0.29) is 17.7 Å². The third-order valence-corrected chi connectivity index (χ3v) is 6.02. The Labute approximate surface area is 126 Å². The fraction of sp³-hybridized carbons (Fsp3) is 0.571. The van der Waals surface area contributed by atoms with E-state index in [1.807, 2.05) is 6.92 Å². The van der Waals surface area contributed by atoms with Crippen LogP contribution in [-0.2, 0) is 15.8 Å². The molecule has 1 aliphatic heterocycles. The van der Waals surface area contributed by atoms with Crippen molar-refractivity contribution in [2.24, 2.45) is 11.7 Å². The SMILES string of the molecule is C[C@@H](N)[C@@H]1CCCN(S(=O)(=O)Cc2ccccc2Cl)C1. The number of benzene rings is 1. The van der Waals surface area contributed by atoms with E-state index >= 15 is 0 Å². The van der Waals surface area contributed by atoms with Crippen LogP contribution in [0.1, 0.15) is 25.3 Å². The number of piperidine rings is 1. The summed E-state index contributed by atoms with van der Waals surface area (Å²) in [6.45, 7) is 3.04. The third kappa shape index (κ3) is 3.73. The Hall–Kier alpha value is -0.620. The van der Waals surface area contributed by atoms with Gasteiger partial charge in [-0.2, -0.15) is 0 Å². The van der Waals surface area contributed by atoms with E-state index in [2.05, 4.69) is 0 Å². The minimum Gasteiger partial charge on any atom is -0.328 e. The Bertz CT molecular complexity index is 560. The quantitative estimate of drug-likeness (QED) is 0.926. The van der Waals surface area contributed by atoms with Crippen LogP contribution in [0.4, 0.5) is 0 Å². The van der Waals surface area contributed by atoms with Crippen molar-refractivity contribution in [3.63, 3.8) is 0 Å². The van der Waals surface area contributed by atoms with Crippen molar-refractivity contribution in [1.82, 2.24) is 4.31 Å². The number of nitrogens with two attached hydrogens (primary N) is 1. The number of hydrogen-bond donors (Lipinski definition) is 1. The largest absolute Gasteiger partial charge is 0.328 e. The molecule has 4 nitrogen and oxygen atoms in total. The molecule has 0 radical (unpaired) electrons. The highest BCUT2D eigenvalue weighted by atomic mass is 35.5. The van der Waals surface area contributed by atoms with Gasteiger partial charge in [-0.15, -0.1) is 0 Å². The summed E-state index contributed by atoms with van der Waals surface area (Å²) in [6, 6.07) is 7.09. The molecule has 1 saturated heterocycles. The van der Waals surface area contributed by atoms with Gasteiger partial charge in [-0.25, -0.2) is 12.7 Å². The highest BCUT2D eigenvalue weighted by Gasteiger charge is 2.30. The lowest BCUT2D eigenvalue weighted by Crippen LogP contribution is -2.45. The summed E-state index contributed by atoms with van der Waals surface area (Å²) in [5.74, 6) is 0.197. The Morgan fingerprint density at radius 1 is 1.45 bits per heavy atom. The van der Waals surface area contributed by atoms with Crippen molar-refractivity contribution in [2.45, 2.75) is 31.6 Å². The van der Waals surface area contributed by atoms with Gasteiger partial charge in [0.05, 0.1) is 5.75 Å². The maximum absolute atomic E-state index is 12.5. The van der Waals surface area contributed by atoms with Crippen molar-refractivity contribution >= 4 is 21.6 Å². The molecule has 20 heavy (non-hydrogen) atoms. The van der Waals surface area contributed by atoms with E-state index in [1.165, 1.54) is 0 Å². The van der Waals surface area contributed by atoms with Gasteiger partial charge in [0.15, 0.2) is 0 Å². The zero-order valence-corrected chi connectivity index (χ0v) is 13.2. The normalized spacial score (nSPS) is 22.6. The first-order valence-electron chi connectivity index (χ1n) is 6.87. The molecule has 1 aliphatic rings. The predicted octanol–water partition coefficient (Wildman–Crippen LogP) is 2.23. The molecular formula is C14H21ClN2O2S. The monoisotopic (exact) mass is 316 g/mol. The van der Waals surface area contributed by atoms with E-state index in [9.17, 15) is 8.42 Å². The van der Waals surface area contributed by atoms with E-state index in [0.29, 0.717) is 23.7 Å². The van der Waals surface area contributed by atoms with Crippen LogP contribution in [-0.4, -0.2) is 31.9 Å². The van der Waals surface area contributed by atoms with Crippen molar-refractivity contribution in [3.05, 3.63) is 34.9 Å². The number of rotatable bonds is 4. The molecule has 0 aromatic heterocycles. The predicted molar refractivity (Wildman–Crippen MR) is 82.0 cm³/mol. The second-order valence-electron chi connectivity index (χ2n) is 5.47. The van der Waals surface area contributed by atoms with Gasteiger partial charge < -0.3 is 5.73 Å². The van der Waals surface area contributed by atoms with Crippen molar-refractivity contribution in [2.75, 3.05) is 13.1 Å². The van der Waals surface area contributed by atoms with Crippen LogP contribution in [0.3, 0.4) is 0 Å². The smallest absolute Gasteiger partial charge is 0.218 e. The number of nitrogens with zero attached hydrogens (tertiary/aromatic N) is 1. The summed E-state index contributed by atoms with van der Waals surface area (Å²) in [6.07, 6.45) is 1.86. The van der Waals surface area contributed by atoms with Gasteiger partial charge in [-0.3, -0.25) is 0 Å². The van der Waals surface area contributed by atoms with Gasteiger partial charge in [-0.1, -0.05) is 29.8 Å². The van der Waals surface area contributed by atoms with E-state index < -0.39 is 10.0 Å². The summed E-state index contributed by atoms with van der Waals surface area (Å²) in [4.78, 5) is 0. The molecule has 0 spiro atoms. The molecule has 1 heterocycles. The fourth-order valence-electron chi connectivity index (χ4n) is 2.56. The molecule has 1 fully saturated rings. The average Bonchev–Trinajstić information content (AvgIpc) is 2.41. The lowest BCUT2D eigenvalue weighted by atomic mass is 9.93. The van der Waals surface area contributed by atoms with Gasteiger partial charge in [0.25, 0.3) is 0 Å². The third-order valence-electron chi connectivity index (χ3n) is 3.85. The van der Waals surface area contributed by atoms with Crippen LogP contribution < -0.4 is 5.73 Å². The zero-order chi connectivity index (χ0) is 14.8. The lowest BCUT2D eigenvalue weighted by Gasteiger charge is -2.33. The minimum atomic E-state index is -3.33. The first-order valence-corrected chi connectivity index (χ1v) is 8.85. The second-order valence-corrected chi connectivity index (χ2v) is 7.84. The van der Waals surface area contributed by atoms with Crippen molar-refractivity contribution < 1.29 is 8.42 Å². The highest BCUT2D eigenvalue weighted by molar-refractivity contribution is 7.88. The van der Waals surface area contributed by atoms with Gasteiger partial charge in [0, 0.05) is 24.2 Å². The molecule has 2 atom stereocenters. The van der Waals surface area contributed by atoms with Gasteiger partial charge >= 0.3 is 0 Å². The Balaban J connectivity index is 2.12. The molecule has 2 rings (SSSR count). The van der Waals surface area contributed by atoms with Crippen LogP contribution in [0.15, 0.2) is 24.3 Å². The highest BCUT2D eigenvalue weighted by Crippen LogP contribution is 2.25. The summed E-state index contributed by atoms with van der Waals surface area (Å²) in [5.41, 5.74) is 6.56. The molecular weight excluding hydrogens is 296 g/mol. The zero-order valence-electron chi connectivity index (χ0n) is 11.6. The Kier molecular flexibility index (Phi) is 5.07. The van der Waals surface area contributed by atoms with Crippen LogP contribution in [0.25, 0.3) is 0 Å². The molecule has 0 amide bonds. The number of halogens is 1. The van der Waals surface area contributed by atoms with E-state index in [0.717, 1.165) is 12.8 Å². The minimum absolute atomic E-state index is 0.0216. The van der Waals surface area contributed by atoms with Crippen LogP contribution in [0, 0.1) is 5.92 Å².